The van der Waals surface area contributed by atoms with E-state index in [2.05, 4.69) is 0 Å². The highest BCUT2D eigenvalue weighted by molar-refractivity contribution is 7.65. The predicted octanol–water partition coefficient (Wildman–Crippen LogP) is 5.29. The van der Waals surface area contributed by atoms with Crippen molar-refractivity contribution in [1.82, 2.24) is 0 Å². The Labute approximate surface area is 151 Å². The molecule has 0 aliphatic heterocycles. The van der Waals surface area contributed by atoms with E-state index in [9.17, 15) is 18.9 Å². The molecule has 2 aromatic carbocycles. The van der Waals surface area contributed by atoms with Crippen molar-refractivity contribution in [2.24, 2.45) is 0 Å². The van der Waals surface area contributed by atoms with Gasteiger partial charge in [0.05, 0.1) is 24.1 Å². The second-order valence-corrected chi connectivity index (χ2v) is 7.26. The minimum atomic E-state index is -3.79. The average molecular weight is 378 g/mol. The van der Waals surface area contributed by atoms with Gasteiger partial charge in [-0.1, -0.05) is 30.3 Å². The van der Waals surface area contributed by atoms with E-state index < -0.39 is 19.4 Å². The summed E-state index contributed by atoms with van der Waals surface area (Å²) >= 11 is 0. The van der Waals surface area contributed by atoms with Crippen LogP contribution in [0.25, 0.3) is 11.4 Å². The van der Waals surface area contributed by atoms with Crippen molar-refractivity contribution in [2.75, 3.05) is 13.2 Å². The third-order valence-corrected chi connectivity index (χ3v) is 5.66. The molecule has 0 fully saturated rings. The smallest absolute Gasteiger partial charge is 0.361 e. The monoisotopic (exact) mass is 378 g/mol. The molecule has 0 saturated carbocycles. The molecule has 0 atom stereocenters. The summed E-state index contributed by atoms with van der Waals surface area (Å²) < 4.78 is 37.4. The quantitative estimate of drug-likeness (QED) is 0.499. The Morgan fingerprint density at radius 1 is 1.04 bits per heavy atom. The van der Waals surface area contributed by atoms with Crippen molar-refractivity contribution in [3.8, 4) is 0 Å². The predicted molar refractivity (Wildman–Crippen MR) is 98.5 cm³/mol. The normalized spacial score (nSPS) is 12.2. The van der Waals surface area contributed by atoms with Gasteiger partial charge in [-0.15, -0.1) is 0 Å². The van der Waals surface area contributed by atoms with Crippen LogP contribution in [0.2, 0.25) is 0 Å². The number of carboxylic acid groups (broad SMARTS) is 1. The third-order valence-electron chi connectivity index (χ3n) is 3.50. The summed E-state index contributed by atoms with van der Waals surface area (Å²) in [6.45, 7) is 3.58. The number of carboxylic acids is 1. The van der Waals surface area contributed by atoms with Crippen molar-refractivity contribution in [3.05, 3.63) is 71.0 Å². The van der Waals surface area contributed by atoms with Crippen molar-refractivity contribution in [2.45, 2.75) is 13.8 Å². The first kappa shape index (κ1) is 20.0. The first-order valence-electron chi connectivity index (χ1n) is 8.11. The van der Waals surface area contributed by atoms with Crippen LogP contribution in [0.5, 0.6) is 0 Å². The van der Waals surface area contributed by atoms with Gasteiger partial charge in [0.2, 0.25) is 0 Å². The molecule has 1 N–H and O–H groups in total. The molecule has 0 saturated heterocycles. The van der Waals surface area contributed by atoms with E-state index in [1.807, 2.05) is 0 Å². The third kappa shape index (κ3) is 4.67. The lowest BCUT2D eigenvalue weighted by molar-refractivity contribution is 0.0696. The van der Waals surface area contributed by atoms with Crippen molar-refractivity contribution in [1.29, 1.82) is 0 Å². The summed E-state index contributed by atoms with van der Waals surface area (Å²) in [7, 11) is -3.79. The van der Waals surface area contributed by atoms with Crippen LogP contribution in [0.4, 0.5) is 4.39 Å². The largest absolute Gasteiger partial charge is 0.478 e. The Bertz CT molecular complexity index is 835. The standard InChI is InChI=1S/C19H20FO5P/c1-3-24-26(23,25-4-2)18(13-14-9-11-15(20)12-10-14)16-7-5-6-8-17(16)19(21)22/h5-13H,3-4H2,1-2H3,(H,21,22)/b18-13+. The minimum Gasteiger partial charge on any atom is -0.478 e. The number of aromatic carboxylic acids is 1. The van der Waals surface area contributed by atoms with Gasteiger partial charge in [-0.25, -0.2) is 9.18 Å². The molecule has 138 valence electrons. The van der Waals surface area contributed by atoms with Gasteiger partial charge < -0.3 is 14.2 Å². The van der Waals surface area contributed by atoms with E-state index in [1.165, 1.54) is 36.4 Å². The molecule has 2 aromatic rings. The van der Waals surface area contributed by atoms with Crippen molar-refractivity contribution in [3.63, 3.8) is 0 Å². The molecule has 5 nitrogen and oxygen atoms in total. The zero-order valence-electron chi connectivity index (χ0n) is 14.5. The topological polar surface area (TPSA) is 72.8 Å². The molecule has 26 heavy (non-hydrogen) atoms. The Morgan fingerprint density at radius 3 is 2.08 bits per heavy atom. The second kappa shape index (κ2) is 8.90. The minimum absolute atomic E-state index is 0.0273. The van der Waals surface area contributed by atoms with Crippen LogP contribution in [0.3, 0.4) is 0 Å². The molecule has 0 aliphatic carbocycles. The van der Waals surface area contributed by atoms with Crippen LogP contribution < -0.4 is 0 Å². The zero-order chi connectivity index (χ0) is 19.2. The van der Waals surface area contributed by atoms with Gasteiger partial charge in [-0.2, -0.15) is 0 Å². The lowest BCUT2D eigenvalue weighted by atomic mass is 10.1. The fraction of sp³-hybridized carbons (Fsp3) is 0.211. The Hall–Kier alpha value is -2.27. The SMILES string of the molecule is CCOP(=O)(OCC)/C(=C/c1ccc(F)cc1)c1ccccc1C(=O)O. The lowest BCUT2D eigenvalue weighted by Gasteiger charge is -2.21. The van der Waals surface area contributed by atoms with E-state index in [-0.39, 0.29) is 29.7 Å². The molecule has 7 heteroatoms. The molecule has 0 bridgehead atoms. The van der Waals surface area contributed by atoms with Crippen LogP contribution in [0.15, 0.2) is 48.5 Å². The number of carbonyl (C=O) groups is 1. The highest BCUT2D eigenvalue weighted by Gasteiger charge is 2.33. The van der Waals surface area contributed by atoms with Gasteiger partial charge in [0.1, 0.15) is 5.82 Å². The Balaban J connectivity index is 2.72. The number of halogens is 1. The lowest BCUT2D eigenvalue weighted by Crippen LogP contribution is -2.05. The van der Waals surface area contributed by atoms with Crippen molar-refractivity contribution < 1.29 is 27.9 Å². The summed E-state index contributed by atoms with van der Waals surface area (Å²) in [5.41, 5.74) is 0.747. The van der Waals surface area contributed by atoms with E-state index in [0.717, 1.165) is 0 Å². The Kier molecular flexibility index (Phi) is 6.86. The first-order valence-corrected chi connectivity index (χ1v) is 9.65. The fourth-order valence-electron chi connectivity index (χ4n) is 2.43. The molecular formula is C19H20FO5P. The molecule has 0 radical (unpaired) electrons. The molecule has 0 unspecified atom stereocenters. The fourth-order valence-corrected chi connectivity index (χ4v) is 4.26. The molecule has 0 heterocycles. The van der Waals surface area contributed by atoms with Gasteiger partial charge in [0.25, 0.3) is 0 Å². The maximum absolute atomic E-state index is 13.4. The molecule has 0 aromatic heterocycles. The van der Waals surface area contributed by atoms with E-state index in [1.54, 1.807) is 32.0 Å². The molecule has 2 rings (SSSR count). The van der Waals surface area contributed by atoms with Gasteiger partial charge >= 0.3 is 13.6 Å². The van der Waals surface area contributed by atoms with Gasteiger partial charge in [0, 0.05) is 5.56 Å². The molecular weight excluding hydrogens is 358 g/mol. The van der Waals surface area contributed by atoms with E-state index in [4.69, 9.17) is 9.05 Å². The number of benzene rings is 2. The second-order valence-electron chi connectivity index (χ2n) is 5.26. The highest BCUT2D eigenvalue weighted by Crippen LogP contribution is 2.61. The first-order chi connectivity index (χ1) is 12.4. The van der Waals surface area contributed by atoms with Crippen LogP contribution in [-0.4, -0.2) is 24.3 Å². The number of hydrogen-bond acceptors (Lipinski definition) is 4. The van der Waals surface area contributed by atoms with Gasteiger partial charge in [-0.3, -0.25) is 4.57 Å². The summed E-state index contributed by atoms with van der Waals surface area (Å²) in [6.07, 6.45) is 1.51. The maximum atomic E-state index is 13.4. The Morgan fingerprint density at radius 2 is 1.58 bits per heavy atom. The van der Waals surface area contributed by atoms with Crippen LogP contribution in [-0.2, 0) is 13.6 Å². The van der Waals surface area contributed by atoms with E-state index in [0.29, 0.717) is 5.56 Å². The van der Waals surface area contributed by atoms with Gasteiger partial charge in [-0.05, 0) is 43.7 Å². The summed E-state index contributed by atoms with van der Waals surface area (Å²) in [4.78, 5) is 11.6. The maximum Gasteiger partial charge on any atom is 0.361 e. The van der Waals surface area contributed by atoms with Crippen molar-refractivity contribution >= 4 is 25.0 Å². The molecule has 0 amide bonds. The average Bonchev–Trinajstić information content (AvgIpc) is 2.61. The number of rotatable bonds is 8. The highest BCUT2D eigenvalue weighted by atomic mass is 31.2. The van der Waals surface area contributed by atoms with Crippen LogP contribution in [0, 0.1) is 5.82 Å². The summed E-state index contributed by atoms with van der Waals surface area (Å²) in [5.74, 6) is -1.57. The summed E-state index contributed by atoms with van der Waals surface area (Å²) in [5, 5.41) is 9.61. The number of hydrogen-bond donors (Lipinski definition) is 1. The summed E-state index contributed by atoms with van der Waals surface area (Å²) in [6, 6.07) is 11.7. The van der Waals surface area contributed by atoms with Crippen LogP contribution >= 0.6 is 7.60 Å². The molecule has 0 aliphatic rings. The van der Waals surface area contributed by atoms with Crippen LogP contribution in [0.1, 0.15) is 35.3 Å². The zero-order valence-corrected chi connectivity index (χ0v) is 15.4. The molecule has 0 spiro atoms. The van der Waals surface area contributed by atoms with E-state index >= 15 is 0 Å². The van der Waals surface area contributed by atoms with Gasteiger partial charge in [0.15, 0.2) is 0 Å².